The van der Waals surface area contributed by atoms with Crippen LogP contribution in [-0.2, 0) is 17.8 Å². The van der Waals surface area contributed by atoms with Gasteiger partial charge in [-0.05, 0) is 38.4 Å². The van der Waals surface area contributed by atoms with Gasteiger partial charge < -0.3 is 9.26 Å². The van der Waals surface area contributed by atoms with E-state index in [1.54, 1.807) is 0 Å². The van der Waals surface area contributed by atoms with E-state index in [0.717, 1.165) is 25.4 Å². The Kier molecular flexibility index (Phi) is 5.46. The highest BCUT2D eigenvalue weighted by Crippen LogP contribution is 2.33. The van der Waals surface area contributed by atoms with Crippen LogP contribution in [0.25, 0.3) is 0 Å². The van der Waals surface area contributed by atoms with Crippen LogP contribution in [-0.4, -0.2) is 28.7 Å². The van der Waals surface area contributed by atoms with Gasteiger partial charge in [-0.25, -0.2) is 0 Å². The van der Waals surface area contributed by atoms with Crippen molar-refractivity contribution in [3.05, 3.63) is 33.6 Å². The Bertz CT molecular complexity index is 617. The number of hydrogen-bond acceptors (Lipinski definition) is 6. The summed E-state index contributed by atoms with van der Waals surface area (Å²) in [6.07, 6.45) is 3.92. The highest BCUT2D eigenvalue weighted by molar-refractivity contribution is 7.12. The molecule has 1 saturated heterocycles. The smallest absolute Gasteiger partial charge is 0.229 e. The van der Waals surface area contributed by atoms with Crippen molar-refractivity contribution in [2.75, 3.05) is 13.7 Å². The van der Waals surface area contributed by atoms with Crippen LogP contribution < -0.4 is 0 Å². The molecule has 3 heterocycles. The zero-order chi connectivity index (χ0) is 16.2. The Morgan fingerprint density at radius 3 is 2.87 bits per heavy atom. The second-order valence-corrected chi connectivity index (χ2v) is 7.74. The zero-order valence-electron chi connectivity index (χ0n) is 14.1. The molecule has 2 aromatic heterocycles. The van der Waals surface area contributed by atoms with Crippen LogP contribution in [0.4, 0.5) is 0 Å². The van der Waals surface area contributed by atoms with Crippen molar-refractivity contribution in [3.8, 4) is 0 Å². The second-order valence-electron chi connectivity index (χ2n) is 6.54. The number of aromatic nitrogens is 2. The molecule has 3 rings (SSSR count). The Balaban J connectivity index is 1.54. The summed E-state index contributed by atoms with van der Waals surface area (Å²) in [6, 6.07) is 4.43. The fourth-order valence-corrected chi connectivity index (χ4v) is 3.92. The van der Waals surface area contributed by atoms with E-state index < -0.39 is 0 Å². The number of rotatable bonds is 6. The van der Waals surface area contributed by atoms with Crippen LogP contribution in [0, 0.1) is 0 Å². The van der Waals surface area contributed by atoms with Gasteiger partial charge in [-0.1, -0.05) is 19.0 Å². The minimum atomic E-state index is 0.275. The fraction of sp³-hybridized carbons (Fsp3) is 0.647. The van der Waals surface area contributed by atoms with E-state index >= 15 is 0 Å². The van der Waals surface area contributed by atoms with E-state index in [9.17, 15) is 0 Å². The van der Waals surface area contributed by atoms with E-state index in [-0.39, 0.29) is 5.92 Å². The van der Waals surface area contributed by atoms with E-state index in [0.29, 0.717) is 18.5 Å². The molecule has 23 heavy (non-hydrogen) atoms. The number of hydrogen-bond donors (Lipinski definition) is 0. The molecule has 0 unspecified atom stereocenters. The van der Waals surface area contributed by atoms with Crippen LogP contribution in [0.2, 0.25) is 0 Å². The van der Waals surface area contributed by atoms with Gasteiger partial charge in [0.15, 0.2) is 5.82 Å². The summed E-state index contributed by atoms with van der Waals surface area (Å²) in [5, 5.41) is 4.05. The third kappa shape index (κ3) is 4.40. The zero-order valence-corrected chi connectivity index (χ0v) is 14.9. The van der Waals surface area contributed by atoms with Gasteiger partial charge in [0.1, 0.15) is 0 Å². The van der Waals surface area contributed by atoms with Crippen molar-refractivity contribution in [1.82, 2.24) is 15.0 Å². The maximum atomic E-state index is 5.87. The molecule has 1 aliphatic heterocycles. The Hall–Kier alpha value is -1.24. The van der Waals surface area contributed by atoms with Crippen molar-refractivity contribution in [2.24, 2.45) is 0 Å². The molecule has 2 aromatic rings. The first-order valence-electron chi connectivity index (χ1n) is 8.33. The van der Waals surface area contributed by atoms with E-state index in [1.165, 1.54) is 22.6 Å². The van der Waals surface area contributed by atoms with Gasteiger partial charge >= 0.3 is 0 Å². The third-order valence-electron chi connectivity index (χ3n) is 3.99. The predicted molar refractivity (Wildman–Crippen MR) is 90.4 cm³/mol. The van der Waals surface area contributed by atoms with Crippen molar-refractivity contribution < 1.29 is 9.26 Å². The minimum absolute atomic E-state index is 0.275. The summed E-state index contributed by atoms with van der Waals surface area (Å²) in [4.78, 5) is 9.36. The van der Waals surface area contributed by atoms with Crippen LogP contribution in [0.15, 0.2) is 16.7 Å². The summed E-state index contributed by atoms with van der Waals surface area (Å²) < 4.78 is 11.1. The standard InChI is InChI=1S/C17H25N3O2S/c1-12(2)17-18-16(19-22-17)11-20(3)10-13-7-8-15(23-13)14-6-4-5-9-21-14/h7-8,12,14H,4-6,9-11H2,1-3H3/t14-/m0/s1. The lowest BCUT2D eigenvalue weighted by molar-refractivity contribution is 0.0172. The number of nitrogens with zero attached hydrogens (tertiary/aromatic N) is 3. The molecule has 1 fully saturated rings. The molecule has 0 bridgehead atoms. The predicted octanol–water partition coefficient (Wildman–Crippen LogP) is 4.13. The van der Waals surface area contributed by atoms with Crippen LogP contribution in [0.5, 0.6) is 0 Å². The molecule has 1 aliphatic rings. The molecule has 0 radical (unpaired) electrons. The highest BCUT2D eigenvalue weighted by atomic mass is 32.1. The molecule has 0 spiro atoms. The monoisotopic (exact) mass is 335 g/mol. The quantitative estimate of drug-likeness (QED) is 0.794. The number of thiophene rings is 1. The lowest BCUT2D eigenvalue weighted by Gasteiger charge is -2.21. The highest BCUT2D eigenvalue weighted by Gasteiger charge is 2.18. The third-order valence-corrected chi connectivity index (χ3v) is 5.16. The normalized spacial score (nSPS) is 18.9. The van der Waals surface area contributed by atoms with Crippen molar-refractivity contribution in [3.63, 3.8) is 0 Å². The van der Waals surface area contributed by atoms with E-state index in [2.05, 4.69) is 48.1 Å². The Morgan fingerprint density at radius 1 is 1.30 bits per heavy atom. The van der Waals surface area contributed by atoms with Gasteiger partial charge in [0.25, 0.3) is 0 Å². The maximum absolute atomic E-state index is 5.87. The molecule has 126 valence electrons. The Labute approximate surface area is 141 Å². The molecule has 0 aliphatic carbocycles. The van der Waals surface area contributed by atoms with Crippen molar-refractivity contribution in [1.29, 1.82) is 0 Å². The average Bonchev–Trinajstić information content (AvgIpc) is 3.18. The van der Waals surface area contributed by atoms with Gasteiger partial charge in [-0.2, -0.15) is 4.98 Å². The molecule has 6 heteroatoms. The molecule has 0 aromatic carbocycles. The van der Waals surface area contributed by atoms with Crippen molar-refractivity contribution >= 4 is 11.3 Å². The SMILES string of the molecule is CC(C)c1nc(CN(C)Cc2ccc([C@@H]3CCCCO3)s2)no1. The van der Waals surface area contributed by atoms with Crippen LogP contribution in [0.1, 0.15) is 66.6 Å². The largest absolute Gasteiger partial charge is 0.373 e. The molecule has 5 nitrogen and oxygen atoms in total. The molecular formula is C17H25N3O2S. The summed E-state index contributed by atoms with van der Waals surface area (Å²) in [5.74, 6) is 1.74. The fourth-order valence-electron chi connectivity index (χ4n) is 2.75. The lowest BCUT2D eigenvalue weighted by Crippen LogP contribution is -2.17. The summed E-state index contributed by atoms with van der Waals surface area (Å²) in [5.41, 5.74) is 0. The van der Waals surface area contributed by atoms with Gasteiger partial charge in [-0.15, -0.1) is 11.3 Å². The van der Waals surface area contributed by atoms with Crippen LogP contribution in [0.3, 0.4) is 0 Å². The first kappa shape index (κ1) is 16.6. The Morgan fingerprint density at radius 2 is 2.17 bits per heavy atom. The van der Waals surface area contributed by atoms with E-state index in [1.807, 2.05) is 11.3 Å². The number of ether oxygens (including phenoxy) is 1. The molecule has 0 amide bonds. The topological polar surface area (TPSA) is 51.4 Å². The first-order valence-corrected chi connectivity index (χ1v) is 9.14. The molecule has 1 atom stereocenters. The summed E-state index contributed by atoms with van der Waals surface area (Å²) in [6.45, 7) is 6.60. The van der Waals surface area contributed by atoms with Crippen LogP contribution >= 0.6 is 11.3 Å². The lowest BCUT2D eigenvalue weighted by atomic mass is 10.1. The van der Waals surface area contributed by atoms with Crippen molar-refractivity contribution in [2.45, 2.75) is 58.2 Å². The second kappa shape index (κ2) is 7.55. The molecule has 0 saturated carbocycles. The molecule has 0 N–H and O–H groups in total. The summed E-state index contributed by atoms with van der Waals surface area (Å²) in [7, 11) is 2.09. The van der Waals surface area contributed by atoms with E-state index in [4.69, 9.17) is 9.26 Å². The van der Waals surface area contributed by atoms with Gasteiger partial charge in [0.2, 0.25) is 5.89 Å². The van der Waals surface area contributed by atoms with Gasteiger partial charge in [0.05, 0.1) is 12.6 Å². The minimum Gasteiger partial charge on any atom is -0.373 e. The average molecular weight is 335 g/mol. The summed E-state index contributed by atoms with van der Waals surface area (Å²) >= 11 is 1.86. The maximum Gasteiger partial charge on any atom is 0.229 e. The first-order chi connectivity index (χ1) is 11.1. The van der Waals surface area contributed by atoms with Gasteiger partial charge in [0, 0.05) is 28.8 Å². The van der Waals surface area contributed by atoms with Gasteiger partial charge in [-0.3, -0.25) is 4.90 Å². The molecular weight excluding hydrogens is 310 g/mol.